The number of rotatable bonds is 4. The van der Waals surface area contributed by atoms with Crippen LogP contribution in [-0.4, -0.2) is 38.2 Å². The lowest BCUT2D eigenvalue weighted by molar-refractivity contribution is -0.138. The molecule has 0 atom stereocenters. The topological polar surface area (TPSA) is 58.6 Å². The Morgan fingerprint density at radius 1 is 1.27 bits per heavy atom. The first-order valence-electron chi connectivity index (χ1n) is 8.61. The zero-order valence-electron chi connectivity index (χ0n) is 14.5. The summed E-state index contributed by atoms with van der Waals surface area (Å²) < 4.78 is 42.4. The third kappa shape index (κ3) is 3.24. The summed E-state index contributed by atoms with van der Waals surface area (Å²) in [5.74, 6) is -0.480. The smallest absolute Gasteiger partial charge is 0.405 e. The van der Waals surface area contributed by atoms with Crippen LogP contribution in [0.4, 0.5) is 18.9 Å². The Bertz CT molecular complexity index is 712. The van der Waals surface area contributed by atoms with E-state index in [1.165, 1.54) is 12.0 Å². The van der Waals surface area contributed by atoms with E-state index in [9.17, 15) is 22.8 Å². The molecule has 142 valence electrons. The Morgan fingerprint density at radius 3 is 2.58 bits per heavy atom. The molecule has 8 heteroatoms. The third-order valence-electron chi connectivity index (χ3n) is 5.14. The maximum Gasteiger partial charge on any atom is 0.405 e. The summed E-state index contributed by atoms with van der Waals surface area (Å²) in [6, 6.07) is 5.21. The lowest BCUT2D eigenvalue weighted by atomic mass is 9.70. The SMILES string of the molecule is COc1cccc2c1C1(CCCCC1)C(=O)N2CC(=O)NCC(F)(F)F. The van der Waals surface area contributed by atoms with Gasteiger partial charge in [-0.15, -0.1) is 0 Å². The van der Waals surface area contributed by atoms with Crippen LogP contribution in [0.2, 0.25) is 0 Å². The first kappa shape index (κ1) is 18.5. The number of methoxy groups -OCH3 is 1. The normalized spacial score (nSPS) is 18.8. The average molecular weight is 370 g/mol. The van der Waals surface area contributed by atoms with Crippen LogP contribution in [0, 0.1) is 0 Å². The molecule has 0 saturated heterocycles. The highest BCUT2D eigenvalue weighted by Gasteiger charge is 2.53. The number of hydrogen-bond acceptors (Lipinski definition) is 3. The molecule has 0 bridgehead atoms. The van der Waals surface area contributed by atoms with Crippen LogP contribution in [0.3, 0.4) is 0 Å². The monoisotopic (exact) mass is 370 g/mol. The van der Waals surface area contributed by atoms with Crippen LogP contribution in [0.5, 0.6) is 5.75 Å². The van der Waals surface area contributed by atoms with Crippen molar-refractivity contribution in [2.45, 2.75) is 43.7 Å². The number of alkyl halides is 3. The number of nitrogens with zero attached hydrogens (tertiary/aromatic N) is 1. The van der Waals surface area contributed by atoms with Crippen LogP contribution in [0.25, 0.3) is 0 Å². The molecule has 1 saturated carbocycles. The van der Waals surface area contributed by atoms with Crippen LogP contribution < -0.4 is 15.0 Å². The van der Waals surface area contributed by atoms with Crippen LogP contribution in [0.1, 0.15) is 37.7 Å². The molecule has 1 heterocycles. The quantitative estimate of drug-likeness (QED) is 0.887. The Morgan fingerprint density at radius 2 is 1.96 bits per heavy atom. The molecule has 1 fully saturated rings. The van der Waals surface area contributed by atoms with Gasteiger partial charge in [-0.2, -0.15) is 13.2 Å². The predicted octanol–water partition coefficient (Wildman–Crippen LogP) is 2.92. The number of halogens is 3. The van der Waals surface area contributed by atoms with Crippen molar-refractivity contribution in [3.8, 4) is 5.75 Å². The summed E-state index contributed by atoms with van der Waals surface area (Å²) in [6.07, 6.45) is -0.379. The number of hydrogen-bond donors (Lipinski definition) is 1. The van der Waals surface area contributed by atoms with Crippen LogP contribution in [-0.2, 0) is 15.0 Å². The third-order valence-corrected chi connectivity index (χ3v) is 5.14. The second kappa shape index (κ2) is 6.81. The molecule has 0 radical (unpaired) electrons. The Labute approximate surface area is 149 Å². The van der Waals surface area contributed by atoms with Crippen LogP contribution >= 0.6 is 0 Å². The van der Waals surface area contributed by atoms with Gasteiger partial charge in [-0.1, -0.05) is 25.3 Å². The van der Waals surface area contributed by atoms with Gasteiger partial charge in [0.2, 0.25) is 11.8 Å². The highest BCUT2D eigenvalue weighted by molar-refractivity contribution is 6.11. The molecule has 1 N–H and O–H groups in total. The summed E-state index contributed by atoms with van der Waals surface area (Å²) in [5, 5.41) is 1.83. The van der Waals surface area contributed by atoms with Gasteiger partial charge in [0.1, 0.15) is 18.8 Å². The lowest BCUT2D eigenvalue weighted by Gasteiger charge is -2.33. The molecular weight excluding hydrogens is 349 g/mol. The van der Waals surface area contributed by atoms with E-state index in [1.54, 1.807) is 18.2 Å². The van der Waals surface area contributed by atoms with Crippen molar-refractivity contribution >= 4 is 17.5 Å². The molecule has 2 amide bonds. The van der Waals surface area contributed by atoms with Crippen molar-refractivity contribution in [2.75, 3.05) is 25.1 Å². The van der Waals surface area contributed by atoms with Gasteiger partial charge in [-0.25, -0.2) is 0 Å². The number of carbonyl (C=O) groups excluding carboxylic acids is 2. The molecule has 3 rings (SSSR count). The van der Waals surface area contributed by atoms with Crippen molar-refractivity contribution in [1.82, 2.24) is 5.32 Å². The van der Waals surface area contributed by atoms with E-state index in [0.717, 1.165) is 24.8 Å². The van der Waals surface area contributed by atoms with E-state index in [0.29, 0.717) is 24.3 Å². The summed E-state index contributed by atoms with van der Waals surface area (Å²) in [6.45, 7) is -1.85. The Hall–Kier alpha value is -2.25. The Kier molecular flexibility index (Phi) is 4.86. The molecule has 1 aliphatic heterocycles. The van der Waals surface area contributed by atoms with Crippen molar-refractivity contribution in [3.63, 3.8) is 0 Å². The minimum Gasteiger partial charge on any atom is -0.496 e. The summed E-state index contributed by atoms with van der Waals surface area (Å²) in [7, 11) is 1.52. The fourth-order valence-electron chi connectivity index (χ4n) is 4.04. The largest absolute Gasteiger partial charge is 0.496 e. The fourth-order valence-corrected chi connectivity index (χ4v) is 4.04. The first-order chi connectivity index (χ1) is 12.3. The van der Waals surface area contributed by atoms with Gasteiger partial charge < -0.3 is 15.0 Å². The van der Waals surface area contributed by atoms with Crippen LogP contribution in [0.15, 0.2) is 18.2 Å². The van der Waals surface area contributed by atoms with Gasteiger partial charge in [-0.3, -0.25) is 9.59 Å². The van der Waals surface area contributed by atoms with E-state index in [4.69, 9.17) is 4.74 Å². The minimum atomic E-state index is -4.49. The average Bonchev–Trinajstić information content (AvgIpc) is 2.83. The maximum atomic E-state index is 13.2. The van der Waals surface area contributed by atoms with Gasteiger partial charge in [0.25, 0.3) is 0 Å². The summed E-state index contributed by atoms with van der Waals surface area (Å²) in [4.78, 5) is 26.5. The second-order valence-electron chi connectivity index (χ2n) is 6.78. The molecule has 1 aromatic rings. The molecule has 2 aliphatic rings. The van der Waals surface area contributed by atoms with Crippen molar-refractivity contribution in [1.29, 1.82) is 0 Å². The van der Waals surface area contributed by atoms with Gasteiger partial charge in [0, 0.05) is 5.56 Å². The number of carbonyl (C=O) groups is 2. The van der Waals surface area contributed by atoms with E-state index < -0.39 is 30.6 Å². The lowest BCUT2D eigenvalue weighted by Crippen LogP contribution is -2.46. The van der Waals surface area contributed by atoms with E-state index in [2.05, 4.69) is 0 Å². The second-order valence-corrected chi connectivity index (χ2v) is 6.78. The predicted molar refractivity (Wildman–Crippen MR) is 89.2 cm³/mol. The number of benzene rings is 1. The summed E-state index contributed by atoms with van der Waals surface area (Å²) >= 11 is 0. The molecule has 0 aromatic heterocycles. The number of nitrogens with one attached hydrogen (secondary N) is 1. The van der Waals surface area contributed by atoms with E-state index in [1.807, 2.05) is 5.32 Å². The first-order valence-corrected chi connectivity index (χ1v) is 8.61. The van der Waals surface area contributed by atoms with Crippen molar-refractivity contribution < 1.29 is 27.5 Å². The molecule has 1 spiro atoms. The van der Waals surface area contributed by atoms with Crippen molar-refractivity contribution in [2.24, 2.45) is 0 Å². The van der Waals surface area contributed by atoms with E-state index in [-0.39, 0.29) is 5.91 Å². The van der Waals surface area contributed by atoms with Gasteiger partial charge in [0.05, 0.1) is 18.2 Å². The fraction of sp³-hybridized carbons (Fsp3) is 0.556. The minimum absolute atomic E-state index is 0.223. The van der Waals surface area contributed by atoms with Gasteiger partial charge in [-0.05, 0) is 25.0 Å². The molecule has 1 aliphatic carbocycles. The zero-order valence-corrected chi connectivity index (χ0v) is 14.5. The summed E-state index contributed by atoms with van der Waals surface area (Å²) in [5.41, 5.74) is 0.569. The number of fused-ring (bicyclic) bond motifs is 2. The standard InChI is InChI=1S/C18H21F3N2O3/c1-26-13-7-5-6-12-15(13)17(8-3-2-4-9-17)16(25)23(12)10-14(24)22-11-18(19,20)21/h5-7H,2-4,8-11H2,1H3,(H,22,24). The Balaban J connectivity index is 1.91. The molecular formula is C18H21F3N2O3. The number of ether oxygens (including phenoxy) is 1. The zero-order chi connectivity index (χ0) is 18.9. The van der Waals surface area contributed by atoms with E-state index >= 15 is 0 Å². The number of anilines is 1. The highest BCUT2D eigenvalue weighted by atomic mass is 19.4. The maximum absolute atomic E-state index is 13.2. The molecule has 1 aromatic carbocycles. The van der Waals surface area contributed by atoms with Crippen molar-refractivity contribution in [3.05, 3.63) is 23.8 Å². The molecule has 5 nitrogen and oxygen atoms in total. The number of amides is 2. The molecule has 26 heavy (non-hydrogen) atoms. The highest BCUT2D eigenvalue weighted by Crippen LogP contribution is 2.53. The van der Waals surface area contributed by atoms with Gasteiger partial charge in [0.15, 0.2) is 0 Å². The van der Waals surface area contributed by atoms with Gasteiger partial charge >= 0.3 is 6.18 Å². The molecule has 0 unspecified atom stereocenters.